The molecule has 0 bridgehead atoms. The number of rotatable bonds is 4. The van der Waals surface area contributed by atoms with Crippen LogP contribution in [0.5, 0.6) is 0 Å². The first-order valence-corrected chi connectivity index (χ1v) is 12.0. The van der Waals surface area contributed by atoms with Crippen molar-refractivity contribution in [2.24, 2.45) is 23.7 Å². The number of nitrogens with zero attached hydrogens (tertiary/aromatic N) is 2. The highest BCUT2D eigenvalue weighted by atomic mass is 16.2. The Balaban J connectivity index is 0.00000126. The fraction of sp³-hybridized carbons (Fsp3) is 0.958. The van der Waals surface area contributed by atoms with E-state index < -0.39 is 0 Å². The number of likely N-dealkylation sites (tertiary alicyclic amines) is 2. The monoisotopic (exact) mass is 378 g/mol. The van der Waals surface area contributed by atoms with Crippen LogP contribution in [0.2, 0.25) is 0 Å². The maximum Gasteiger partial charge on any atom is 0.219 e. The predicted molar refractivity (Wildman–Crippen MR) is 116 cm³/mol. The quantitative estimate of drug-likeness (QED) is 0.637. The summed E-state index contributed by atoms with van der Waals surface area (Å²) in [5.41, 5.74) is 0. The van der Waals surface area contributed by atoms with Crippen molar-refractivity contribution in [2.45, 2.75) is 98.4 Å². The van der Waals surface area contributed by atoms with Crippen molar-refractivity contribution in [3.05, 3.63) is 0 Å². The molecule has 27 heavy (non-hydrogen) atoms. The van der Waals surface area contributed by atoms with Crippen molar-refractivity contribution < 1.29 is 4.79 Å². The lowest BCUT2D eigenvalue weighted by Crippen LogP contribution is -2.44. The second-order valence-corrected chi connectivity index (χ2v) is 9.48. The molecule has 0 N–H and O–H groups in total. The number of hydrogen-bond acceptors (Lipinski definition) is 2. The molecule has 1 saturated carbocycles. The van der Waals surface area contributed by atoms with Crippen molar-refractivity contribution in [1.82, 2.24) is 9.80 Å². The first-order chi connectivity index (χ1) is 13.0. The van der Waals surface area contributed by atoms with Gasteiger partial charge in [0.25, 0.3) is 0 Å². The van der Waals surface area contributed by atoms with Gasteiger partial charge >= 0.3 is 0 Å². The van der Waals surface area contributed by atoms with Crippen LogP contribution >= 0.6 is 0 Å². The zero-order chi connectivity index (χ0) is 19.8. The molecule has 0 unspecified atom stereocenters. The summed E-state index contributed by atoms with van der Waals surface area (Å²) < 4.78 is 0. The highest BCUT2D eigenvalue weighted by Crippen LogP contribution is 2.36. The van der Waals surface area contributed by atoms with Crippen molar-refractivity contribution in [1.29, 1.82) is 0 Å². The van der Waals surface area contributed by atoms with Crippen LogP contribution in [0.15, 0.2) is 0 Å². The highest BCUT2D eigenvalue weighted by molar-refractivity contribution is 5.73. The van der Waals surface area contributed by atoms with E-state index in [4.69, 9.17) is 0 Å². The molecule has 3 heteroatoms. The maximum absolute atomic E-state index is 11.5. The molecule has 2 aliphatic heterocycles. The van der Waals surface area contributed by atoms with Crippen LogP contribution in [0, 0.1) is 23.7 Å². The Kier molecular flexibility index (Phi) is 9.62. The summed E-state index contributed by atoms with van der Waals surface area (Å²) >= 11 is 0. The molecule has 0 aromatic carbocycles. The molecule has 158 valence electrons. The van der Waals surface area contributed by atoms with Crippen LogP contribution in [-0.4, -0.2) is 47.9 Å². The highest BCUT2D eigenvalue weighted by Gasteiger charge is 2.31. The van der Waals surface area contributed by atoms with E-state index in [-0.39, 0.29) is 5.91 Å². The van der Waals surface area contributed by atoms with E-state index in [0.29, 0.717) is 0 Å². The molecular formula is C24H46N2O. The van der Waals surface area contributed by atoms with Gasteiger partial charge < -0.3 is 9.80 Å². The Morgan fingerprint density at radius 2 is 1.33 bits per heavy atom. The largest absolute Gasteiger partial charge is 0.343 e. The van der Waals surface area contributed by atoms with Crippen molar-refractivity contribution in [3.8, 4) is 0 Å². The Morgan fingerprint density at radius 1 is 0.815 bits per heavy atom. The molecule has 0 radical (unpaired) electrons. The van der Waals surface area contributed by atoms with E-state index in [1.807, 2.05) is 18.7 Å². The van der Waals surface area contributed by atoms with Crippen LogP contribution in [0.3, 0.4) is 0 Å². The standard InChI is InChI=1S/C22H40N2O.C2H6/c1-17(2)21-10-14-24(15-11-21)22-6-4-19(5-7-22)16-20-8-12-23(13-9-20)18(3)25;1-2/h17,19-22H,4-16H2,1-3H3;1-2H3. The molecule has 3 aliphatic rings. The molecule has 1 aliphatic carbocycles. The van der Waals surface area contributed by atoms with Gasteiger partial charge in [-0.1, -0.05) is 27.7 Å². The molecule has 3 nitrogen and oxygen atoms in total. The molecule has 0 aromatic rings. The first-order valence-electron chi connectivity index (χ1n) is 12.0. The van der Waals surface area contributed by atoms with Crippen LogP contribution < -0.4 is 0 Å². The van der Waals surface area contributed by atoms with E-state index in [1.165, 1.54) is 70.9 Å². The molecule has 2 heterocycles. The van der Waals surface area contributed by atoms with E-state index in [1.54, 1.807) is 6.92 Å². The van der Waals surface area contributed by atoms with Crippen molar-refractivity contribution in [2.75, 3.05) is 26.2 Å². The summed E-state index contributed by atoms with van der Waals surface area (Å²) in [6.45, 7) is 15.2. The molecular weight excluding hydrogens is 332 g/mol. The number of hydrogen-bond donors (Lipinski definition) is 0. The van der Waals surface area contributed by atoms with Crippen LogP contribution in [0.1, 0.15) is 92.4 Å². The van der Waals surface area contributed by atoms with E-state index in [9.17, 15) is 4.79 Å². The number of carbonyl (C=O) groups excluding carboxylic acids is 1. The van der Waals surface area contributed by atoms with E-state index in [0.717, 1.165) is 42.8 Å². The van der Waals surface area contributed by atoms with Gasteiger partial charge in [-0.25, -0.2) is 0 Å². The van der Waals surface area contributed by atoms with Gasteiger partial charge in [-0.2, -0.15) is 0 Å². The summed E-state index contributed by atoms with van der Waals surface area (Å²) in [6.07, 6.45) is 12.5. The zero-order valence-corrected chi connectivity index (χ0v) is 18.9. The van der Waals surface area contributed by atoms with E-state index >= 15 is 0 Å². The van der Waals surface area contributed by atoms with E-state index in [2.05, 4.69) is 18.7 Å². The Bertz CT molecular complexity index is 412. The SMILES string of the molecule is CC.CC(=O)N1CCC(CC2CCC(N3CCC(C(C)C)CC3)CC2)CC1. The third kappa shape index (κ3) is 6.76. The molecule has 2 saturated heterocycles. The lowest BCUT2D eigenvalue weighted by molar-refractivity contribution is -0.130. The molecule has 0 aromatic heterocycles. The van der Waals surface area contributed by atoms with Gasteiger partial charge in [-0.05, 0) is 94.5 Å². The lowest BCUT2D eigenvalue weighted by Gasteiger charge is -2.42. The van der Waals surface area contributed by atoms with Gasteiger partial charge in [0.2, 0.25) is 5.91 Å². The second kappa shape index (κ2) is 11.4. The minimum absolute atomic E-state index is 0.264. The summed E-state index contributed by atoms with van der Waals surface area (Å²) in [5.74, 6) is 3.93. The summed E-state index contributed by atoms with van der Waals surface area (Å²) in [5, 5.41) is 0. The van der Waals surface area contributed by atoms with Gasteiger partial charge in [0.1, 0.15) is 0 Å². The third-order valence-corrected chi connectivity index (χ3v) is 7.58. The Labute approximate surface area is 169 Å². The van der Waals surface area contributed by atoms with Gasteiger partial charge in [-0.15, -0.1) is 0 Å². The van der Waals surface area contributed by atoms with Gasteiger partial charge in [0.05, 0.1) is 0 Å². The topological polar surface area (TPSA) is 23.6 Å². The third-order valence-electron chi connectivity index (χ3n) is 7.58. The van der Waals surface area contributed by atoms with Crippen LogP contribution in [0.4, 0.5) is 0 Å². The maximum atomic E-state index is 11.5. The lowest BCUT2D eigenvalue weighted by atomic mass is 9.77. The molecule has 1 amide bonds. The minimum atomic E-state index is 0.264. The normalized spacial score (nSPS) is 28.7. The molecule has 0 atom stereocenters. The van der Waals surface area contributed by atoms with Gasteiger partial charge in [0.15, 0.2) is 0 Å². The zero-order valence-electron chi connectivity index (χ0n) is 18.9. The van der Waals surface area contributed by atoms with Gasteiger partial charge in [-0.3, -0.25) is 4.79 Å². The Morgan fingerprint density at radius 3 is 1.81 bits per heavy atom. The number of amides is 1. The average Bonchev–Trinajstić information content (AvgIpc) is 2.70. The molecule has 0 spiro atoms. The number of carbonyl (C=O) groups is 1. The predicted octanol–water partition coefficient (Wildman–Crippen LogP) is 5.59. The molecule has 3 rings (SSSR count). The van der Waals surface area contributed by atoms with Gasteiger partial charge in [0, 0.05) is 26.1 Å². The summed E-state index contributed by atoms with van der Waals surface area (Å²) in [7, 11) is 0. The summed E-state index contributed by atoms with van der Waals surface area (Å²) in [6, 6.07) is 0.879. The minimum Gasteiger partial charge on any atom is -0.343 e. The van der Waals surface area contributed by atoms with Crippen molar-refractivity contribution in [3.63, 3.8) is 0 Å². The molecule has 3 fully saturated rings. The fourth-order valence-corrected chi connectivity index (χ4v) is 5.65. The fourth-order valence-electron chi connectivity index (χ4n) is 5.65. The second-order valence-electron chi connectivity index (χ2n) is 9.48. The van der Waals surface area contributed by atoms with Crippen LogP contribution in [0.25, 0.3) is 0 Å². The Hall–Kier alpha value is -0.570. The average molecular weight is 379 g/mol. The van der Waals surface area contributed by atoms with Crippen molar-refractivity contribution >= 4 is 5.91 Å². The number of piperidine rings is 2. The van der Waals surface area contributed by atoms with Crippen LogP contribution in [-0.2, 0) is 4.79 Å². The smallest absolute Gasteiger partial charge is 0.219 e. The first kappa shape index (κ1) is 22.7. The summed E-state index contributed by atoms with van der Waals surface area (Å²) in [4.78, 5) is 16.3.